The molecule has 0 aromatic heterocycles. The molecule has 108 valence electrons. The highest BCUT2D eigenvalue weighted by atomic mass is 79.9. The van der Waals surface area contributed by atoms with Crippen molar-refractivity contribution in [3.05, 3.63) is 32.8 Å². The number of rotatable bonds is 4. The molecule has 1 saturated heterocycles. The zero-order chi connectivity index (χ0) is 14.7. The number of carboxylic acid groups (broad SMARTS) is 1. The summed E-state index contributed by atoms with van der Waals surface area (Å²) in [4.78, 5) is 22.8. The van der Waals surface area contributed by atoms with Gasteiger partial charge in [0.05, 0.1) is 9.40 Å². The van der Waals surface area contributed by atoms with Gasteiger partial charge in [-0.3, -0.25) is 10.1 Å². The highest BCUT2D eigenvalue weighted by Crippen LogP contribution is 2.33. The Hall–Kier alpha value is -1.83. The molecule has 1 aliphatic rings. The zero-order valence-corrected chi connectivity index (χ0v) is 12.2. The predicted octanol–water partition coefficient (Wildman–Crippen LogP) is 2.77. The van der Waals surface area contributed by atoms with Crippen LogP contribution in [0.25, 0.3) is 0 Å². The third kappa shape index (κ3) is 3.19. The Bertz CT molecular complexity index is 537. The summed E-state index contributed by atoms with van der Waals surface area (Å²) < 4.78 is 0.422. The summed E-state index contributed by atoms with van der Waals surface area (Å²) in [5.74, 6) is 0.171. The van der Waals surface area contributed by atoms with E-state index in [1.807, 2.05) is 0 Å². The van der Waals surface area contributed by atoms with E-state index in [0.717, 1.165) is 6.42 Å². The third-order valence-corrected chi connectivity index (χ3v) is 3.95. The molecule has 1 aromatic carbocycles. The van der Waals surface area contributed by atoms with Crippen molar-refractivity contribution in [1.29, 1.82) is 0 Å². The number of hydrogen-bond acceptors (Lipinski definition) is 4. The maximum atomic E-state index is 11.0. The van der Waals surface area contributed by atoms with E-state index in [-0.39, 0.29) is 11.6 Å². The number of nitrogens with zero attached hydrogens (tertiary/aromatic N) is 2. The number of amides is 1. The predicted molar refractivity (Wildman–Crippen MR) is 77.0 cm³/mol. The number of nitrogens with one attached hydrogen (secondary N) is 1. The fraction of sp³-hybridized carbons (Fsp3) is 0.417. The normalized spacial score (nSPS) is 18.1. The molecule has 1 aromatic rings. The molecule has 2 rings (SSSR count). The van der Waals surface area contributed by atoms with E-state index in [2.05, 4.69) is 21.2 Å². The minimum absolute atomic E-state index is 0.000544. The fourth-order valence-corrected chi connectivity index (χ4v) is 2.78. The van der Waals surface area contributed by atoms with Gasteiger partial charge in [-0.05, 0) is 40.4 Å². The molecule has 20 heavy (non-hydrogen) atoms. The molecule has 0 spiro atoms. The smallest absolute Gasteiger partial charge is 0.407 e. The van der Waals surface area contributed by atoms with Gasteiger partial charge in [-0.2, -0.15) is 0 Å². The van der Waals surface area contributed by atoms with Gasteiger partial charge in [-0.25, -0.2) is 4.79 Å². The molecule has 1 amide bonds. The highest BCUT2D eigenvalue weighted by molar-refractivity contribution is 9.10. The maximum Gasteiger partial charge on any atom is 0.407 e. The molecule has 0 radical (unpaired) electrons. The van der Waals surface area contributed by atoms with Crippen molar-refractivity contribution in [1.82, 2.24) is 4.90 Å². The average Bonchev–Trinajstić information content (AvgIpc) is 2.84. The standard InChI is InChI=1S/C12H14BrN3O4/c13-9-2-1-3-10(11(9)16(19)20)14-6-8-4-5-15(7-8)12(17)18/h1-3,8,14H,4-7H2,(H,17,18)/t8-/m0/s1. The number of para-hydroxylation sites is 1. The lowest BCUT2D eigenvalue weighted by Gasteiger charge is -2.14. The molecule has 1 fully saturated rings. The quantitative estimate of drug-likeness (QED) is 0.647. The van der Waals surface area contributed by atoms with Gasteiger partial charge in [0.2, 0.25) is 0 Å². The Kier molecular flexibility index (Phi) is 4.43. The Balaban J connectivity index is 2.00. The number of anilines is 1. The molecule has 8 heteroatoms. The number of nitro groups is 1. The van der Waals surface area contributed by atoms with Crippen LogP contribution in [0.15, 0.2) is 22.7 Å². The molecule has 2 N–H and O–H groups in total. The number of likely N-dealkylation sites (tertiary alicyclic amines) is 1. The van der Waals surface area contributed by atoms with Gasteiger partial charge in [0.25, 0.3) is 0 Å². The zero-order valence-electron chi connectivity index (χ0n) is 10.6. The first-order valence-corrected chi connectivity index (χ1v) is 6.93. The summed E-state index contributed by atoms with van der Waals surface area (Å²) >= 11 is 3.16. The summed E-state index contributed by atoms with van der Waals surface area (Å²) in [7, 11) is 0. The van der Waals surface area contributed by atoms with Crippen LogP contribution in [0.3, 0.4) is 0 Å². The van der Waals surface area contributed by atoms with Crippen LogP contribution in [0.4, 0.5) is 16.2 Å². The van der Waals surface area contributed by atoms with E-state index in [1.54, 1.807) is 18.2 Å². The van der Waals surface area contributed by atoms with Crippen molar-refractivity contribution in [3.63, 3.8) is 0 Å². The number of hydrogen-bond donors (Lipinski definition) is 2. The van der Waals surface area contributed by atoms with Gasteiger partial charge in [0, 0.05) is 19.6 Å². The van der Waals surface area contributed by atoms with Crippen LogP contribution in [-0.2, 0) is 0 Å². The van der Waals surface area contributed by atoms with E-state index >= 15 is 0 Å². The van der Waals surface area contributed by atoms with Crippen molar-refractivity contribution < 1.29 is 14.8 Å². The molecular formula is C12H14BrN3O4. The van der Waals surface area contributed by atoms with Gasteiger partial charge < -0.3 is 15.3 Å². The van der Waals surface area contributed by atoms with Crippen LogP contribution in [0.2, 0.25) is 0 Å². The van der Waals surface area contributed by atoms with Gasteiger partial charge >= 0.3 is 11.8 Å². The van der Waals surface area contributed by atoms with E-state index in [9.17, 15) is 14.9 Å². The summed E-state index contributed by atoms with van der Waals surface area (Å²) in [6.07, 6.45) is -0.151. The lowest BCUT2D eigenvalue weighted by molar-refractivity contribution is -0.384. The topological polar surface area (TPSA) is 95.7 Å². The molecule has 0 bridgehead atoms. The second kappa shape index (κ2) is 6.08. The van der Waals surface area contributed by atoms with Crippen molar-refractivity contribution in [2.75, 3.05) is 25.0 Å². The lowest BCUT2D eigenvalue weighted by atomic mass is 10.1. The van der Waals surface area contributed by atoms with Crippen LogP contribution in [0, 0.1) is 16.0 Å². The van der Waals surface area contributed by atoms with Crippen LogP contribution in [-0.4, -0.2) is 40.7 Å². The highest BCUT2D eigenvalue weighted by Gasteiger charge is 2.26. The molecule has 1 aliphatic heterocycles. The molecule has 0 aliphatic carbocycles. The number of nitro benzene ring substituents is 1. The third-order valence-electron chi connectivity index (χ3n) is 3.31. The molecule has 0 unspecified atom stereocenters. The molecule has 7 nitrogen and oxygen atoms in total. The number of halogens is 1. The summed E-state index contributed by atoms with van der Waals surface area (Å²) in [5, 5.41) is 23.0. The van der Waals surface area contributed by atoms with E-state index in [4.69, 9.17) is 5.11 Å². The van der Waals surface area contributed by atoms with Crippen molar-refractivity contribution in [2.24, 2.45) is 5.92 Å². The Labute approximate surface area is 123 Å². The van der Waals surface area contributed by atoms with Gasteiger partial charge in [-0.15, -0.1) is 0 Å². The summed E-state index contributed by atoms with van der Waals surface area (Å²) in [6.45, 7) is 1.49. The Morgan fingerprint density at radius 2 is 2.35 bits per heavy atom. The van der Waals surface area contributed by atoms with Gasteiger partial charge in [0.1, 0.15) is 5.69 Å². The molecular weight excluding hydrogens is 330 g/mol. The number of benzene rings is 1. The first-order valence-electron chi connectivity index (χ1n) is 6.13. The minimum Gasteiger partial charge on any atom is -0.465 e. The largest absolute Gasteiger partial charge is 0.465 e. The monoisotopic (exact) mass is 343 g/mol. The molecule has 1 heterocycles. The second-order valence-corrected chi connectivity index (χ2v) is 5.51. The van der Waals surface area contributed by atoms with Crippen LogP contribution < -0.4 is 5.32 Å². The minimum atomic E-state index is -0.916. The fourth-order valence-electron chi connectivity index (χ4n) is 2.27. The van der Waals surface area contributed by atoms with Gasteiger partial charge in [0.15, 0.2) is 0 Å². The van der Waals surface area contributed by atoms with Crippen LogP contribution >= 0.6 is 15.9 Å². The Morgan fingerprint density at radius 1 is 1.60 bits per heavy atom. The number of carbonyl (C=O) groups is 1. The first kappa shape index (κ1) is 14.6. The Morgan fingerprint density at radius 3 is 2.95 bits per heavy atom. The average molecular weight is 344 g/mol. The van der Waals surface area contributed by atoms with E-state index in [1.165, 1.54) is 4.90 Å². The van der Waals surface area contributed by atoms with E-state index in [0.29, 0.717) is 29.8 Å². The van der Waals surface area contributed by atoms with Gasteiger partial charge in [-0.1, -0.05) is 6.07 Å². The summed E-state index contributed by atoms with van der Waals surface area (Å²) in [5.41, 5.74) is 0.443. The molecule has 1 atom stereocenters. The lowest BCUT2D eigenvalue weighted by Crippen LogP contribution is -2.27. The van der Waals surface area contributed by atoms with Crippen molar-refractivity contribution >= 4 is 33.4 Å². The second-order valence-electron chi connectivity index (χ2n) is 4.66. The SMILES string of the molecule is O=C(O)N1CC[C@@H](CNc2cccc(Br)c2[N+](=O)[O-])C1. The van der Waals surface area contributed by atoms with E-state index < -0.39 is 11.0 Å². The maximum absolute atomic E-state index is 11.0. The summed E-state index contributed by atoms with van der Waals surface area (Å²) in [6, 6.07) is 4.98. The van der Waals surface area contributed by atoms with Crippen molar-refractivity contribution in [2.45, 2.75) is 6.42 Å². The van der Waals surface area contributed by atoms with Crippen molar-refractivity contribution in [3.8, 4) is 0 Å². The van der Waals surface area contributed by atoms with Crippen LogP contribution in [0.1, 0.15) is 6.42 Å². The first-order chi connectivity index (χ1) is 9.49. The molecule has 0 saturated carbocycles. The van der Waals surface area contributed by atoms with Crippen LogP contribution in [0.5, 0.6) is 0 Å².